The molecule has 0 saturated carbocycles. The quantitative estimate of drug-likeness (QED) is 0.720. The SMILES string of the molecule is NCc1ccc(O)c(-n2cncn2)c1. The van der Waals surface area contributed by atoms with E-state index >= 15 is 0 Å². The maximum atomic E-state index is 9.57. The molecule has 0 amide bonds. The first-order valence-electron chi connectivity index (χ1n) is 4.18. The van der Waals surface area contributed by atoms with Crippen LogP contribution in [0, 0.1) is 0 Å². The van der Waals surface area contributed by atoms with Crippen LogP contribution < -0.4 is 5.73 Å². The van der Waals surface area contributed by atoms with E-state index in [9.17, 15) is 5.11 Å². The van der Waals surface area contributed by atoms with Crippen LogP contribution in [0.3, 0.4) is 0 Å². The van der Waals surface area contributed by atoms with Crippen LogP contribution in [0.4, 0.5) is 0 Å². The Kier molecular flexibility index (Phi) is 2.16. The van der Waals surface area contributed by atoms with Crippen molar-refractivity contribution in [2.24, 2.45) is 5.73 Å². The summed E-state index contributed by atoms with van der Waals surface area (Å²) in [6.07, 6.45) is 2.93. The minimum Gasteiger partial charge on any atom is -0.506 e. The average Bonchev–Trinajstić information content (AvgIpc) is 2.71. The summed E-state index contributed by atoms with van der Waals surface area (Å²) in [5.74, 6) is 0.160. The zero-order chi connectivity index (χ0) is 9.97. The number of benzene rings is 1. The van der Waals surface area contributed by atoms with E-state index in [2.05, 4.69) is 10.1 Å². The van der Waals surface area contributed by atoms with E-state index in [0.717, 1.165) is 5.56 Å². The molecule has 0 aliphatic heterocycles. The van der Waals surface area contributed by atoms with Gasteiger partial charge in [-0.3, -0.25) is 0 Å². The predicted octanol–water partition coefficient (Wildman–Crippen LogP) is 0.432. The molecule has 0 aliphatic rings. The molecule has 0 spiro atoms. The van der Waals surface area contributed by atoms with Crippen LogP contribution in [0.2, 0.25) is 0 Å². The molecule has 0 atom stereocenters. The van der Waals surface area contributed by atoms with E-state index in [-0.39, 0.29) is 5.75 Å². The second kappa shape index (κ2) is 3.47. The summed E-state index contributed by atoms with van der Waals surface area (Å²) in [5, 5.41) is 13.5. The highest BCUT2D eigenvalue weighted by atomic mass is 16.3. The van der Waals surface area contributed by atoms with Gasteiger partial charge >= 0.3 is 0 Å². The van der Waals surface area contributed by atoms with Crippen LogP contribution in [0.15, 0.2) is 30.9 Å². The van der Waals surface area contributed by atoms with Crippen molar-refractivity contribution in [3.05, 3.63) is 36.4 Å². The first-order chi connectivity index (χ1) is 6.81. The molecule has 0 saturated heterocycles. The second-order valence-corrected chi connectivity index (χ2v) is 2.87. The first kappa shape index (κ1) is 8.71. The maximum Gasteiger partial charge on any atom is 0.141 e. The minimum absolute atomic E-state index is 0.160. The van der Waals surface area contributed by atoms with E-state index in [1.807, 2.05) is 0 Å². The Balaban J connectivity index is 2.51. The highest BCUT2D eigenvalue weighted by Crippen LogP contribution is 2.21. The second-order valence-electron chi connectivity index (χ2n) is 2.87. The van der Waals surface area contributed by atoms with E-state index in [1.165, 1.54) is 17.3 Å². The summed E-state index contributed by atoms with van der Waals surface area (Å²) in [5.41, 5.74) is 7.02. The van der Waals surface area contributed by atoms with Crippen LogP contribution in [-0.4, -0.2) is 19.9 Å². The van der Waals surface area contributed by atoms with Crippen LogP contribution in [0.5, 0.6) is 5.75 Å². The van der Waals surface area contributed by atoms with Gasteiger partial charge in [0.1, 0.15) is 24.1 Å². The zero-order valence-electron chi connectivity index (χ0n) is 7.46. The van der Waals surface area contributed by atoms with Gasteiger partial charge in [-0.25, -0.2) is 9.67 Å². The number of aromatic nitrogens is 3. The summed E-state index contributed by atoms with van der Waals surface area (Å²) in [7, 11) is 0. The van der Waals surface area contributed by atoms with Gasteiger partial charge in [0.05, 0.1) is 0 Å². The topological polar surface area (TPSA) is 77.0 Å². The molecule has 1 heterocycles. The van der Waals surface area contributed by atoms with Gasteiger partial charge in [0.15, 0.2) is 0 Å². The molecule has 0 fully saturated rings. The molecule has 1 aromatic carbocycles. The number of nitrogens with two attached hydrogens (primary N) is 1. The van der Waals surface area contributed by atoms with Crippen LogP contribution >= 0.6 is 0 Å². The molecule has 72 valence electrons. The third-order valence-corrected chi connectivity index (χ3v) is 1.94. The van der Waals surface area contributed by atoms with Crippen molar-refractivity contribution >= 4 is 0 Å². The Morgan fingerprint density at radius 2 is 2.29 bits per heavy atom. The minimum atomic E-state index is 0.160. The maximum absolute atomic E-state index is 9.57. The molecule has 3 N–H and O–H groups in total. The molecule has 0 aliphatic carbocycles. The Labute approximate surface area is 80.8 Å². The van der Waals surface area contributed by atoms with Gasteiger partial charge in [-0.05, 0) is 17.7 Å². The number of hydrogen-bond acceptors (Lipinski definition) is 4. The van der Waals surface area contributed by atoms with Crippen molar-refractivity contribution in [1.82, 2.24) is 14.8 Å². The first-order valence-corrected chi connectivity index (χ1v) is 4.18. The van der Waals surface area contributed by atoms with Gasteiger partial charge in [-0.1, -0.05) is 6.07 Å². The summed E-state index contributed by atoms with van der Waals surface area (Å²) in [4.78, 5) is 3.80. The van der Waals surface area contributed by atoms with Crippen molar-refractivity contribution in [2.45, 2.75) is 6.54 Å². The number of nitrogens with zero attached hydrogens (tertiary/aromatic N) is 3. The Bertz CT molecular complexity index is 424. The molecule has 0 radical (unpaired) electrons. The summed E-state index contributed by atoms with van der Waals surface area (Å²) >= 11 is 0. The zero-order valence-corrected chi connectivity index (χ0v) is 7.46. The smallest absolute Gasteiger partial charge is 0.141 e. The van der Waals surface area contributed by atoms with Crippen LogP contribution in [-0.2, 0) is 6.54 Å². The molecular weight excluding hydrogens is 180 g/mol. The monoisotopic (exact) mass is 190 g/mol. The lowest BCUT2D eigenvalue weighted by Crippen LogP contribution is -2.00. The van der Waals surface area contributed by atoms with Gasteiger partial charge in [0, 0.05) is 6.54 Å². The van der Waals surface area contributed by atoms with Gasteiger partial charge in [-0.15, -0.1) is 0 Å². The normalized spacial score (nSPS) is 10.4. The molecule has 14 heavy (non-hydrogen) atoms. The van der Waals surface area contributed by atoms with Crippen molar-refractivity contribution < 1.29 is 5.11 Å². The molecule has 2 rings (SSSR count). The fraction of sp³-hybridized carbons (Fsp3) is 0.111. The van der Waals surface area contributed by atoms with E-state index in [4.69, 9.17) is 5.73 Å². The molecular formula is C9H10N4O. The number of rotatable bonds is 2. The standard InChI is InChI=1S/C9H10N4O/c10-4-7-1-2-9(14)8(3-7)13-6-11-5-12-13/h1-3,5-6,14H,4,10H2. The Morgan fingerprint density at radius 3 is 2.93 bits per heavy atom. The Hall–Kier alpha value is -1.88. The van der Waals surface area contributed by atoms with Crippen LogP contribution in [0.1, 0.15) is 5.56 Å². The lowest BCUT2D eigenvalue weighted by molar-refractivity contribution is 0.470. The number of phenols is 1. The van der Waals surface area contributed by atoms with Crippen LogP contribution in [0.25, 0.3) is 5.69 Å². The number of phenolic OH excluding ortho intramolecular Hbond substituents is 1. The van der Waals surface area contributed by atoms with Gasteiger partial charge < -0.3 is 10.8 Å². The Morgan fingerprint density at radius 1 is 1.43 bits per heavy atom. The number of aromatic hydroxyl groups is 1. The lowest BCUT2D eigenvalue weighted by Gasteiger charge is -2.05. The number of hydrogen-bond donors (Lipinski definition) is 2. The summed E-state index contributed by atoms with van der Waals surface area (Å²) < 4.78 is 1.49. The van der Waals surface area contributed by atoms with Gasteiger partial charge in [-0.2, -0.15) is 5.10 Å². The largest absolute Gasteiger partial charge is 0.506 e. The molecule has 1 aromatic heterocycles. The van der Waals surface area contributed by atoms with Crippen molar-refractivity contribution in [3.8, 4) is 11.4 Å². The molecule has 5 nitrogen and oxygen atoms in total. The van der Waals surface area contributed by atoms with E-state index in [1.54, 1.807) is 18.2 Å². The third kappa shape index (κ3) is 1.45. The lowest BCUT2D eigenvalue weighted by atomic mass is 10.2. The van der Waals surface area contributed by atoms with E-state index < -0.39 is 0 Å². The highest BCUT2D eigenvalue weighted by Gasteiger charge is 2.04. The third-order valence-electron chi connectivity index (χ3n) is 1.94. The molecule has 0 bridgehead atoms. The van der Waals surface area contributed by atoms with Gasteiger partial charge in [0.25, 0.3) is 0 Å². The summed E-state index contributed by atoms with van der Waals surface area (Å²) in [6, 6.07) is 5.15. The molecule has 5 heteroatoms. The van der Waals surface area contributed by atoms with Crippen molar-refractivity contribution in [1.29, 1.82) is 0 Å². The molecule has 2 aromatic rings. The fourth-order valence-electron chi connectivity index (χ4n) is 1.21. The van der Waals surface area contributed by atoms with Gasteiger partial charge in [0.2, 0.25) is 0 Å². The fourth-order valence-corrected chi connectivity index (χ4v) is 1.21. The summed E-state index contributed by atoms with van der Waals surface area (Å²) in [6.45, 7) is 0.433. The van der Waals surface area contributed by atoms with Crippen molar-refractivity contribution in [2.75, 3.05) is 0 Å². The van der Waals surface area contributed by atoms with Crippen molar-refractivity contribution in [3.63, 3.8) is 0 Å². The average molecular weight is 190 g/mol. The highest BCUT2D eigenvalue weighted by molar-refractivity contribution is 5.47. The predicted molar refractivity (Wildman–Crippen MR) is 50.9 cm³/mol. The molecule has 0 unspecified atom stereocenters. The van der Waals surface area contributed by atoms with E-state index in [0.29, 0.717) is 12.2 Å².